The van der Waals surface area contributed by atoms with Gasteiger partial charge in [-0.3, -0.25) is 0 Å². The normalized spacial score (nSPS) is 15.4. The number of hydrogen-bond donors (Lipinski definition) is 2. The zero-order valence-electron chi connectivity index (χ0n) is 18.5. The second kappa shape index (κ2) is 11.0. The van der Waals surface area contributed by atoms with Crippen LogP contribution in [0.3, 0.4) is 0 Å². The molecular formula is C23H22ClF3N6S2. The fraction of sp³-hybridized carbons (Fsp3) is 0.348. The Morgan fingerprint density at radius 2 is 1.80 bits per heavy atom. The minimum atomic E-state index is -4.65. The molecule has 0 bridgehead atoms. The summed E-state index contributed by atoms with van der Waals surface area (Å²) in [6.45, 7) is 0.512. The van der Waals surface area contributed by atoms with Crippen molar-refractivity contribution in [1.82, 2.24) is 25.3 Å². The second-order valence-corrected chi connectivity index (χ2v) is 10.0. The Kier molecular flexibility index (Phi) is 8.08. The van der Waals surface area contributed by atoms with E-state index in [1.165, 1.54) is 12.4 Å². The van der Waals surface area contributed by atoms with Crippen molar-refractivity contribution < 1.29 is 13.2 Å². The molecule has 2 heterocycles. The molecule has 0 unspecified atom stereocenters. The molecule has 2 N–H and O–H groups in total. The molecule has 184 valence electrons. The van der Waals surface area contributed by atoms with Gasteiger partial charge in [-0.2, -0.15) is 13.2 Å². The SMILES string of the molecule is FC(F)(F)c1cc(Sc2ncccn2)nc(NC(=S)NCC2(c3cccc(Cl)c3)CCCCC2)n1. The molecule has 1 saturated carbocycles. The first-order chi connectivity index (χ1) is 16.7. The molecule has 12 heteroatoms. The van der Waals surface area contributed by atoms with Crippen molar-refractivity contribution in [3.05, 3.63) is 65.1 Å². The number of thiocarbonyl (C=S) groups is 1. The largest absolute Gasteiger partial charge is 0.433 e. The average molecular weight is 539 g/mol. The van der Waals surface area contributed by atoms with Gasteiger partial charge in [0, 0.05) is 35.4 Å². The summed E-state index contributed by atoms with van der Waals surface area (Å²) in [4.78, 5) is 15.8. The summed E-state index contributed by atoms with van der Waals surface area (Å²) >= 11 is 12.5. The van der Waals surface area contributed by atoms with Gasteiger partial charge in [-0.15, -0.1) is 0 Å². The Labute approximate surface area is 215 Å². The lowest BCUT2D eigenvalue weighted by Crippen LogP contribution is -2.43. The number of nitrogens with zero attached hydrogens (tertiary/aromatic N) is 4. The summed E-state index contributed by atoms with van der Waals surface area (Å²) in [6.07, 6.45) is 3.58. The summed E-state index contributed by atoms with van der Waals surface area (Å²) < 4.78 is 40.4. The van der Waals surface area contributed by atoms with Gasteiger partial charge in [0.1, 0.15) is 5.03 Å². The number of rotatable bonds is 6. The van der Waals surface area contributed by atoms with Crippen molar-refractivity contribution in [3.8, 4) is 0 Å². The highest BCUT2D eigenvalue weighted by atomic mass is 35.5. The number of nitrogens with one attached hydrogen (secondary N) is 2. The van der Waals surface area contributed by atoms with E-state index in [0.717, 1.165) is 55.5 Å². The van der Waals surface area contributed by atoms with Gasteiger partial charge in [0.15, 0.2) is 16.0 Å². The van der Waals surface area contributed by atoms with Crippen LogP contribution in [-0.2, 0) is 11.6 Å². The maximum atomic E-state index is 13.5. The maximum absolute atomic E-state index is 13.5. The lowest BCUT2D eigenvalue weighted by atomic mass is 9.69. The van der Waals surface area contributed by atoms with E-state index < -0.39 is 11.9 Å². The zero-order valence-corrected chi connectivity index (χ0v) is 20.9. The quantitative estimate of drug-likeness (QED) is 0.216. The molecule has 0 amide bonds. The van der Waals surface area contributed by atoms with Gasteiger partial charge in [0.05, 0.1) is 0 Å². The first-order valence-electron chi connectivity index (χ1n) is 11.0. The van der Waals surface area contributed by atoms with Crippen LogP contribution in [0.15, 0.2) is 59.0 Å². The van der Waals surface area contributed by atoms with Gasteiger partial charge in [-0.25, -0.2) is 19.9 Å². The molecular weight excluding hydrogens is 517 g/mol. The van der Waals surface area contributed by atoms with Crippen molar-refractivity contribution in [2.75, 3.05) is 11.9 Å². The highest BCUT2D eigenvalue weighted by Crippen LogP contribution is 2.40. The van der Waals surface area contributed by atoms with E-state index in [9.17, 15) is 13.2 Å². The first kappa shape index (κ1) is 25.6. The Bertz CT molecular complexity index is 1170. The number of benzene rings is 1. The minimum absolute atomic E-state index is 0.0477. The molecule has 1 fully saturated rings. The molecule has 6 nitrogen and oxygen atoms in total. The third kappa shape index (κ3) is 6.80. The topological polar surface area (TPSA) is 75.6 Å². The molecule has 3 aromatic rings. The standard InChI is InChI=1S/C23H22ClF3N6S2/c24-16-7-4-6-15(12-16)22(8-2-1-3-9-22)14-30-20(34)33-19-31-17(23(25,26)27)13-18(32-19)35-21-28-10-5-11-29-21/h4-7,10-13H,1-3,8-9,14H2,(H2,30,31,32,33,34). The monoisotopic (exact) mass is 538 g/mol. The number of alkyl halides is 3. The molecule has 0 spiro atoms. The van der Waals surface area contributed by atoms with Crippen LogP contribution in [0.4, 0.5) is 19.1 Å². The Balaban J connectivity index is 1.51. The number of halogens is 4. The molecule has 2 aromatic heterocycles. The van der Waals surface area contributed by atoms with Gasteiger partial charge in [0.2, 0.25) is 5.95 Å². The molecule has 4 rings (SSSR count). The smallest absolute Gasteiger partial charge is 0.361 e. The molecule has 0 radical (unpaired) electrons. The number of anilines is 1. The van der Waals surface area contributed by atoms with E-state index >= 15 is 0 Å². The van der Waals surface area contributed by atoms with Crippen LogP contribution in [-0.4, -0.2) is 31.6 Å². The van der Waals surface area contributed by atoms with Crippen molar-refractivity contribution in [2.24, 2.45) is 0 Å². The van der Waals surface area contributed by atoms with Gasteiger partial charge in [0.25, 0.3) is 0 Å². The molecule has 1 aliphatic carbocycles. The number of aromatic nitrogens is 4. The van der Waals surface area contributed by atoms with Crippen molar-refractivity contribution >= 4 is 46.6 Å². The van der Waals surface area contributed by atoms with Crippen LogP contribution < -0.4 is 10.6 Å². The van der Waals surface area contributed by atoms with Crippen LogP contribution in [0.25, 0.3) is 0 Å². The fourth-order valence-electron chi connectivity index (χ4n) is 4.12. The van der Waals surface area contributed by atoms with E-state index in [1.54, 1.807) is 6.07 Å². The fourth-order valence-corrected chi connectivity index (χ4v) is 5.19. The van der Waals surface area contributed by atoms with Crippen molar-refractivity contribution in [2.45, 2.75) is 53.9 Å². The highest BCUT2D eigenvalue weighted by Gasteiger charge is 2.35. The molecule has 0 saturated heterocycles. The minimum Gasteiger partial charge on any atom is -0.361 e. The molecule has 1 aliphatic rings. The van der Waals surface area contributed by atoms with Gasteiger partial charge >= 0.3 is 6.18 Å². The predicted octanol–water partition coefficient (Wildman–Crippen LogP) is 6.28. The third-order valence-electron chi connectivity index (χ3n) is 5.79. The summed E-state index contributed by atoms with van der Waals surface area (Å²) in [5, 5.41) is 7.01. The molecule has 35 heavy (non-hydrogen) atoms. The number of hydrogen-bond acceptors (Lipinski definition) is 6. The van der Waals surface area contributed by atoms with Gasteiger partial charge in [-0.1, -0.05) is 43.0 Å². The summed E-state index contributed by atoms with van der Waals surface area (Å²) in [5.41, 5.74) is -0.134. The lowest BCUT2D eigenvalue weighted by Gasteiger charge is -2.38. The predicted molar refractivity (Wildman–Crippen MR) is 134 cm³/mol. The van der Waals surface area contributed by atoms with Crippen LogP contribution >= 0.6 is 35.6 Å². The maximum Gasteiger partial charge on any atom is 0.433 e. The van der Waals surface area contributed by atoms with E-state index in [-0.39, 0.29) is 26.7 Å². The highest BCUT2D eigenvalue weighted by molar-refractivity contribution is 7.99. The zero-order chi connectivity index (χ0) is 24.9. The summed E-state index contributed by atoms with van der Waals surface area (Å²) in [5.74, 6) is -0.254. The van der Waals surface area contributed by atoms with E-state index in [4.69, 9.17) is 23.8 Å². The van der Waals surface area contributed by atoms with Crippen LogP contribution in [0, 0.1) is 0 Å². The summed E-state index contributed by atoms with van der Waals surface area (Å²) in [6, 6.07) is 10.3. The Morgan fingerprint density at radius 1 is 1.06 bits per heavy atom. The summed E-state index contributed by atoms with van der Waals surface area (Å²) in [7, 11) is 0. The Morgan fingerprint density at radius 3 is 2.49 bits per heavy atom. The lowest BCUT2D eigenvalue weighted by molar-refractivity contribution is -0.141. The van der Waals surface area contributed by atoms with Crippen LogP contribution in [0.2, 0.25) is 5.02 Å². The first-order valence-corrected chi connectivity index (χ1v) is 12.6. The Hall–Kier alpha value is -2.50. The second-order valence-electron chi connectivity index (χ2n) is 8.21. The molecule has 0 atom stereocenters. The molecule has 1 aromatic carbocycles. The average Bonchev–Trinajstić information content (AvgIpc) is 2.83. The van der Waals surface area contributed by atoms with Gasteiger partial charge in [-0.05, 0) is 60.6 Å². The van der Waals surface area contributed by atoms with Crippen LogP contribution in [0.1, 0.15) is 43.4 Å². The van der Waals surface area contributed by atoms with E-state index in [1.807, 2.05) is 18.2 Å². The van der Waals surface area contributed by atoms with E-state index in [2.05, 4.69) is 36.6 Å². The molecule has 0 aliphatic heterocycles. The van der Waals surface area contributed by atoms with Crippen molar-refractivity contribution in [1.29, 1.82) is 0 Å². The van der Waals surface area contributed by atoms with Crippen molar-refractivity contribution in [3.63, 3.8) is 0 Å². The van der Waals surface area contributed by atoms with Crippen LogP contribution in [0.5, 0.6) is 0 Å². The van der Waals surface area contributed by atoms with Gasteiger partial charge < -0.3 is 10.6 Å². The van der Waals surface area contributed by atoms with E-state index in [0.29, 0.717) is 11.6 Å². The third-order valence-corrected chi connectivity index (χ3v) is 7.08.